The molecule has 1 fully saturated rings. The van der Waals surface area contributed by atoms with E-state index in [0.717, 1.165) is 12.8 Å². The number of rotatable bonds is 7. The van der Waals surface area contributed by atoms with Gasteiger partial charge >= 0.3 is 6.18 Å². The Morgan fingerprint density at radius 2 is 1.95 bits per heavy atom. The van der Waals surface area contributed by atoms with E-state index in [4.69, 9.17) is 0 Å². The summed E-state index contributed by atoms with van der Waals surface area (Å²) in [5.41, 5.74) is -0.337. The Hall–Kier alpha value is -0.820. The average molecular weight is 324 g/mol. The lowest BCUT2D eigenvalue weighted by Crippen LogP contribution is -2.48. The number of aliphatic hydroxyl groups is 1. The van der Waals surface area contributed by atoms with Crippen molar-refractivity contribution in [3.8, 4) is 0 Å². The number of nitrogens with zero attached hydrogens (tertiary/aromatic N) is 1. The van der Waals surface area contributed by atoms with Crippen LogP contribution in [0.4, 0.5) is 13.2 Å². The van der Waals surface area contributed by atoms with E-state index < -0.39 is 18.6 Å². The summed E-state index contributed by atoms with van der Waals surface area (Å²) < 4.78 is 37.3. The molecule has 1 rings (SSSR count). The van der Waals surface area contributed by atoms with Gasteiger partial charge in [-0.15, -0.1) is 0 Å². The van der Waals surface area contributed by atoms with Crippen LogP contribution in [-0.4, -0.2) is 54.9 Å². The SMILES string of the molecule is CCC(CC)(CO)CNC(=O)C1CCCN(CC(F)(F)F)C1. The van der Waals surface area contributed by atoms with E-state index in [0.29, 0.717) is 25.9 Å². The van der Waals surface area contributed by atoms with E-state index >= 15 is 0 Å². The van der Waals surface area contributed by atoms with E-state index in [1.165, 1.54) is 4.90 Å². The lowest BCUT2D eigenvalue weighted by atomic mass is 9.83. The van der Waals surface area contributed by atoms with E-state index in [1.807, 2.05) is 13.8 Å². The van der Waals surface area contributed by atoms with Crippen molar-refractivity contribution in [2.24, 2.45) is 11.3 Å². The summed E-state index contributed by atoms with van der Waals surface area (Å²) in [5, 5.41) is 12.3. The topological polar surface area (TPSA) is 52.6 Å². The highest BCUT2D eigenvalue weighted by Gasteiger charge is 2.35. The van der Waals surface area contributed by atoms with Crippen LogP contribution >= 0.6 is 0 Å². The Balaban J connectivity index is 2.51. The maximum atomic E-state index is 12.4. The molecular formula is C15H27F3N2O2. The second-order valence-corrected chi connectivity index (χ2v) is 6.27. The number of hydrogen-bond acceptors (Lipinski definition) is 3. The first kappa shape index (κ1) is 19.2. The summed E-state index contributed by atoms with van der Waals surface area (Å²) in [6.45, 7) is 3.84. The van der Waals surface area contributed by atoms with Crippen molar-refractivity contribution in [1.82, 2.24) is 10.2 Å². The molecule has 1 aliphatic heterocycles. The van der Waals surface area contributed by atoms with Crippen molar-refractivity contribution >= 4 is 5.91 Å². The highest BCUT2D eigenvalue weighted by molar-refractivity contribution is 5.79. The van der Waals surface area contributed by atoms with Gasteiger partial charge in [-0.2, -0.15) is 13.2 Å². The van der Waals surface area contributed by atoms with Crippen LogP contribution in [0.15, 0.2) is 0 Å². The van der Waals surface area contributed by atoms with Crippen molar-refractivity contribution < 1.29 is 23.1 Å². The van der Waals surface area contributed by atoms with E-state index in [2.05, 4.69) is 5.32 Å². The average Bonchev–Trinajstić information content (AvgIpc) is 2.47. The molecular weight excluding hydrogens is 297 g/mol. The molecule has 1 atom stereocenters. The number of alkyl halides is 3. The van der Waals surface area contributed by atoms with Crippen LogP contribution in [0.1, 0.15) is 39.5 Å². The van der Waals surface area contributed by atoms with Crippen LogP contribution in [0.5, 0.6) is 0 Å². The van der Waals surface area contributed by atoms with Gasteiger partial charge < -0.3 is 10.4 Å². The van der Waals surface area contributed by atoms with Gasteiger partial charge in [0.25, 0.3) is 0 Å². The van der Waals surface area contributed by atoms with Crippen LogP contribution < -0.4 is 5.32 Å². The molecule has 0 aliphatic carbocycles. The van der Waals surface area contributed by atoms with Crippen molar-refractivity contribution in [3.63, 3.8) is 0 Å². The maximum absolute atomic E-state index is 12.4. The number of carbonyl (C=O) groups excluding carboxylic acids is 1. The summed E-state index contributed by atoms with van der Waals surface area (Å²) in [6, 6.07) is 0. The largest absolute Gasteiger partial charge is 0.401 e. The Kier molecular flexibility index (Phi) is 7.12. The van der Waals surface area contributed by atoms with Gasteiger partial charge in [0.1, 0.15) is 0 Å². The normalized spacial score (nSPS) is 20.9. The fourth-order valence-electron chi connectivity index (χ4n) is 2.87. The maximum Gasteiger partial charge on any atom is 0.401 e. The fraction of sp³-hybridized carbons (Fsp3) is 0.933. The molecule has 0 spiro atoms. The molecule has 1 unspecified atom stereocenters. The van der Waals surface area contributed by atoms with Crippen molar-refractivity contribution in [3.05, 3.63) is 0 Å². The third-order valence-corrected chi connectivity index (χ3v) is 4.75. The van der Waals surface area contributed by atoms with E-state index in [1.54, 1.807) is 0 Å². The molecule has 2 N–H and O–H groups in total. The Labute approximate surface area is 130 Å². The molecule has 0 aromatic carbocycles. The standard InChI is InChI=1S/C15H27F3N2O2/c1-3-14(4-2,11-21)9-19-13(22)12-6-5-7-20(8-12)10-15(16,17)18/h12,21H,3-11H2,1-2H3,(H,19,22). The summed E-state index contributed by atoms with van der Waals surface area (Å²) in [5.74, 6) is -0.604. The summed E-state index contributed by atoms with van der Waals surface area (Å²) in [6.07, 6.45) is -1.53. The second-order valence-electron chi connectivity index (χ2n) is 6.27. The smallest absolute Gasteiger partial charge is 0.396 e. The zero-order valence-electron chi connectivity index (χ0n) is 13.4. The van der Waals surface area contributed by atoms with Crippen molar-refractivity contribution in [2.45, 2.75) is 45.7 Å². The Morgan fingerprint density at radius 1 is 1.32 bits per heavy atom. The quantitative estimate of drug-likeness (QED) is 0.755. The van der Waals surface area contributed by atoms with Gasteiger partial charge in [-0.3, -0.25) is 9.69 Å². The van der Waals surface area contributed by atoms with Crippen LogP contribution in [0, 0.1) is 11.3 Å². The third kappa shape index (κ3) is 5.76. The molecule has 22 heavy (non-hydrogen) atoms. The number of nitrogens with one attached hydrogen (secondary N) is 1. The number of likely N-dealkylation sites (tertiary alicyclic amines) is 1. The van der Waals surface area contributed by atoms with Crippen molar-refractivity contribution in [2.75, 3.05) is 32.8 Å². The number of amides is 1. The number of carbonyl (C=O) groups is 1. The number of piperidine rings is 1. The van der Waals surface area contributed by atoms with Gasteiger partial charge in [-0.25, -0.2) is 0 Å². The predicted octanol–water partition coefficient (Wildman–Crippen LogP) is 2.18. The number of hydrogen-bond donors (Lipinski definition) is 2. The van der Waals surface area contributed by atoms with Crippen LogP contribution in [0.25, 0.3) is 0 Å². The predicted molar refractivity (Wildman–Crippen MR) is 78.3 cm³/mol. The molecule has 130 valence electrons. The van der Waals surface area contributed by atoms with Gasteiger partial charge in [0.2, 0.25) is 5.91 Å². The molecule has 0 radical (unpaired) electrons. The van der Waals surface area contributed by atoms with Crippen molar-refractivity contribution in [1.29, 1.82) is 0 Å². The first-order valence-electron chi connectivity index (χ1n) is 7.93. The molecule has 0 saturated carbocycles. The van der Waals surface area contributed by atoms with Gasteiger partial charge in [-0.1, -0.05) is 13.8 Å². The number of aliphatic hydroxyl groups excluding tert-OH is 1. The van der Waals surface area contributed by atoms with Gasteiger partial charge in [0, 0.05) is 18.5 Å². The van der Waals surface area contributed by atoms with Crippen LogP contribution in [0.2, 0.25) is 0 Å². The zero-order valence-corrected chi connectivity index (χ0v) is 13.4. The molecule has 1 amide bonds. The first-order chi connectivity index (χ1) is 10.2. The summed E-state index contributed by atoms with van der Waals surface area (Å²) >= 11 is 0. The number of halogens is 3. The molecule has 1 saturated heterocycles. The lowest BCUT2D eigenvalue weighted by molar-refractivity contribution is -0.152. The fourth-order valence-corrected chi connectivity index (χ4v) is 2.87. The molecule has 7 heteroatoms. The van der Waals surface area contributed by atoms with Gasteiger partial charge in [0.05, 0.1) is 19.1 Å². The summed E-state index contributed by atoms with van der Waals surface area (Å²) in [4.78, 5) is 13.5. The lowest BCUT2D eigenvalue weighted by Gasteiger charge is -2.34. The monoisotopic (exact) mass is 324 g/mol. The molecule has 0 aromatic rings. The molecule has 0 bridgehead atoms. The Bertz CT molecular complexity index is 349. The van der Waals surface area contributed by atoms with E-state index in [9.17, 15) is 23.1 Å². The Morgan fingerprint density at radius 3 is 2.45 bits per heavy atom. The molecule has 1 heterocycles. The minimum Gasteiger partial charge on any atom is -0.396 e. The molecule has 1 aliphatic rings. The van der Waals surface area contributed by atoms with Gasteiger partial charge in [0.15, 0.2) is 0 Å². The first-order valence-corrected chi connectivity index (χ1v) is 7.93. The highest BCUT2D eigenvalue weighted by Crippen LogP contribution is 2.26. The van der Waals surface area contributed by atoms with E-state index in [-0.39, 0.29) is 24.5 Å². The molecule has 4 nitrogen and oxygen atoms in total. The van der Waals surface area contributed by atoms with Crippen LogP contribution in [0.3, 0.4) is 0 Å². The van der Waals surface area contributed by atoms with Crippen LogP contribution in [-0.2, 0) is 4.79 Å². The second kappa shape index (κ2) is 8.15. The summed E-state index contributed by atoms with van der Waals surface area (Å²) in [7, 11) is 0. The zero-order chi connectivity index (χ0) is 16.8. The minimum atomic E-state index is -4.23. The van der Waals surface area contributed by atoms with Gasteiger partial charge in [-0.05, 0) is 32.2 Å². The minimum absolute atomic E-state index is 0.00878. The highest BCUT2D eigenvalue weighted by atomic mass is 19.4. The third-order valence-electron chi connectivity index (χ3n) is 4.75. The molecule has 0 aromatic heterocycles.